The van der Waals surface area contributed by atoms with E-state index in [9.17, 15) is 9.18 Å². The average Bonchev–Trinajstić information content (AvgIpc) is 2.71. The number of aliphatic imine (C=N–C) groups is 1. The van der Waals surface area contributed by atoms with Gasteiger partial charge >= 0.3 is 0 Å². The average molecular weight is 368 g/mol. The van der Waals surface area contributed by atoms with E-state index in [4.69, 9.17) is 0 Å². The number of amides is 1. The molecule has 0 fully saturated rings. The van der Waals surface area contributed by atoms with Gasteiger partial charge in [0.25, 0.3) is 0 Å². The van der Waals surface area contributed by atoms with Crippen molar-refractivity contribution in [2.45, 2.75) is 19.4 Å². The summed E-state index contributed by atoms with van der Waals surface area (Å²) in [5.41, 5.74) is 3.19. The molecule has 6 heteroatoms. The summed E-state index contributed by atoms with van der Waals surface area (Å²) >= 11 is 0. The van der Waals surface area contributed by atoms with Crippen molar-refractivity contribution in [3.63, 3.8) is 0 Å². The van der Waals surface area contributed by atoms with E-state index in [2.05, 4.69) is 27.8 Å². The molecule has 1 aliphatic rings. The summed E-state index contributed by atoms with van der Waals surface area (Å²) in [5.74, 6) is 0.376. The highest BCUT2D eigenvalue weighted by molar-refractivity contribution is 5.86. The van der Waals surface area contributed by atoms with Gasteiger partial charge in [-0.15, -0.1) is 0 Å². The number of hydrogen-bond donors (Lipinski definition) is 2. The fourth-order valence-corrected chi connectivity index (χ4v) is 3.22. The fourth-order valence-electron chi connectivity index (χ4n) is 3.22. The predicted molar refractivity (Wildman–Crippen MR) is 105 cm³/mol. The Morgan fingerprint density at radius 1 is 1.11 bits per heavy atom. The summed E-state index contributed by atoms with van der Waals surface area (Å²) in [6, 6.07) is 15.0. The van der Waals surface area contributed by atoms with Crippen LogP contribution in [0.25, 0.3) is 0 Å². The second-order valence-electron chi connectivity index (χ2n) is 6.53. The van der Waals surface area contributed by atoms with Gasteiger partial charge in [0, 0.05) is 26.7 Å². The number of benzene rings is 2. The van der Waals surface area contributed by atoms with Crippen molar-refractivity contribution in [3.8, 4) is 0 Å². The molecule has 0 radical (unpaired) electrons. The van der Waals surface area contributed by atoms with E-state index >= 15 is 0 Å². The van der Waals surface area contributed by atoms with E-state index in [1.165, 1.54) is 17.2 Å². The molecule has 142 valence electrons. The smallest absolute Gasteiger partial charge is 0.242 e. The Bertz CT molecular complexity index is 821. The number of fused-ring (bicyclic) bond motifs is 1. The van der Waals surface area contributed by atoms with Crippen LogP contribution in [-0.4, -0.2) is 43.4 Å². The molecule has 2 aromatic rings. The lowest BCUT2D eigenvalue weighted by molar-refractivity contribution is -0.130. The molecule has 0 spiro atoms. The largest absolute Gasteiger partial charge is 0.356 e. The molecule has 2 aromatic carbocycles. The van der Waals surface area contributed by atoms with Crippen LogP contribution >= 0.6 is 0 Å². The van der Waals surface area contributed by atoms with Crippen LogP contribution in [0.4, 0.5) is 4.39 Å². The molecule has 27 heavy (non-hydrogen) atoms. The maximum absolute atomic E-state index is 13.6. The van der Waals surface area contributed by atoms with Crippen molar-refractivity contribution in [3.05, 3.63) is 71.0 Å². The van der Waals surface area contributed by atoms with Gasteiger partial charge < -0.3 is 15.5 Å². The molecule has 1 aliphatic heterocycles. The number of nitrogens with one attached hydrogen (secondary N) is 2. The minimum atomic E-state index is -0.206. The SMILES string of the molecule is CN=C(NCCc1ccccc1F)NCC(=O)N1CCc2ccccc2C1. The number of halogens is 1. The number of hydrogen-bond acceptors (Lipinski definition) is 2. The highest BCUT2D eigenvalue weighted by atomic mass is 19.1. The molecule has 1 heterocycles. The first-order valence-electron chi connectivity index (χ1n) is 9.20. The zero-order valence-electron chi connectivity index (χ0n) is 15.5. The van der Waals surface area contributed by atoms with Crippen molar-refractivity contribution in [2.24, 2.45) is 4.99 Å². The molecule has 0 unspecified atom stereocenters. The van der Waals surface area contributed by atoms with Crippen molar-refractivity contribution < 1.29 is 9.18 Å². The lowest BCUT2D eigenvalue weighted by Crippen LogP contribution is -2.46. The van der Waals surface area contributed by atoms with E-state index < -0.39 is 0 Å². The van der Waals surface area contributed by atoms with E-state index in [1.807, 2.05) is 23.1 Å². The van der Waals surface area contributed by atoms with Gasteiger partial charge in [0.15, 0.2) is 5.96 Å². The second kappa shape index (κ2) is 9.16. The van der Waals surface area contributed by atoms with Crippen LogP contribution in [0.15, 0.2) is 53.5 Å². The van der Waals surface area contributed by atoms with Gasteiger partial charge in [-0.25, -0.2) is 4.39 Å². The highest BCUT2D eigenvalue weighted by Crippen LogP contribution is 2.18. The van der Waals surface area contributed by atoms with Gasteiger partial charge in [0.2, 0.25) is 5.91 Å². The van der Waals surface area contributed by atoms with Crippen molar-refractivity contribution in [1.82, 2.24) is 15.5 Å². The zero-order valence-corrected chi connectivity index (χ0v) is 15.5. The monoisotopic (exact) mass is 368 g/mol. The van der Waals surface area contributed by atoms with Gasteiger partial charge in [0.05, 0.1) is 6.54 Å². The Morgan fingerprint density at radius 3 is 2.63 bits per heavy atom. The predicted octanol–water partition coefficient (Wildman–Crippen LogP) is 2.12. The van der Waals surface area contributed by atoms with Crippen LogP contribution in [0.1, 0.15) is 16.7 Å². The molecular formula is C21H25FN4O. The summed E-state index contributed by atoms with van der Waals surface area (Å²) < 4.78 is 13.6. The molecule has 0 aliphatic carbocycles. The van der Waals surface area contributed by atoms with Gasteiger partial charge in [-0.1, -0.05) is 42.5 Å². The summed E-state index contributed by atoms with van der Waals surface area (Å²) in [4.78, 5) is 18.5. The van der Waals surface area contributed by atoms with Crippen LogP contribution in [0, 0.1) is 5.82 Å². The molecule has 5 nitrogen and oxygen atoms in total. The first kappa shape index (κ1) is 18.9. The summed E-state index contributed by atoms with van der Waals surface area (Å²) in [6.07, 6.45) is 1.43. The lowest BCUT2D eigenvalue weighted by Gasteiger charge is -2.29. The van der Waals surface area contributed by atoms with E-state index in [-0.39, 0.29) is 18.3 Å². The standard InChI is InChI=1S/C21H25FN4O/c1-23-21(24-12-10-17-7-4-5-9-19(17)22)25-14-20(27)26-13-11-16-6-2-3-8-18(16)15-26/h2-9H,10-15H2,1H3,(H2,23,24,25). The molecule has 1 amide bonds. The third kappa shape index (κ3) is 5.06. The maximum Gasteiger partial charge on any atom is 0.242 e. The molecule has 3 rings (SSSR count). The summed E-state index contributed by atoms with van der Waals surface area (Å²) in [5, 5.41) is 6.17. The summed E-state index contributed by atoms with van der Waals surface area (Å²) in [6.45, 7) is 2.10. The number of guanidine groups is 1. The number of nitrogens with zero attached hydrogens (tertiary/aromatic N) is 2. The Kier molecular flexibility index (Phi) is 6.41. The van der Waals surface area contributed by atoms with Crippen molar-refractivity contribution in [1.29, 1.82) is 0 Å². The maximum atomic E-state index is 13.6. The first-order chi connectivity index (χ1) is 13.2. The summed E-state index contributed by atoms with van der Waals surface area (Å²) in [7, 11) is 1.65. The molecule has 0 saturated heterocycles. The fraction of sp³-hybridized carbons (Fsp3) is 0.333. The highest BCUT2D eigenvalue weighted by Gasteiger charge is 2.20. The Balaban J connectivity index is 1.44. The van der Waals surface area contributed by atoms with Gasteiger partial charge in [-0.2, -0.15) is 0 Å². The van der Waals surface area contributed by atoms with Gasteiger partial charge in [0.1, 0.15) is 5.82 Å². The number of carbonyl (C=O) groups is 1. The molecular weight excluding hydrogens is 343 g/mol. The third-order valence-electron chi connectivity index (χ3n) is 4.76. The van der Waals surface area contributed by atoms with E-state index in [0.29, 0.717) is 31.0 Å². The quantitative estimate of drug-likeness (QED) is 0.628. The Labute approximate surface area is 159 Å². The lowest BCUT2D eigenvalue weighted by atomic mass is 10.00. The Morgan fingerprint density at radius 2 is 1.85 bits per heavy atom. The van der Waals surface area contributed by atoms with Gasteiger partial charge in [-0.05, 0) is 35.6 Å². The zero-order chi connectivity index (χ0) is 19.1. The molecule has 2 N–H and O–H groups in total. The molecule has 0 aromatic heterocycles. The van der Waals surface area contributed by atoms with Crippen LogP contribution in [0.3, 0.4) is 0 Å². The van der Waals surface area contributed by atoms with Crippen molar-refractivity contribution in [2.75, 3.05) is 26.7 Å². The topological polar surface area (TPSA) is 56.7 Å². The molecule has 0 bridgehead atoms. The van der Waals surface area contributed by atoms with Crippen LogP contribution in [0.5, 0.6) is 0 Å². The van der Waals surface area contributed by atoms with E-state index in [1.54, 1.807) is 19.2 Å². The minimum Gasteiger partial charge on any atom is -0.356 e. The molecule has 0 saturated carbocycles. The minimum absolute atomic E-state index is 0.0431. The normalized spacial score (nSPS) is 13.9. The van der Waals surface area contributed by atoms with Crippen molar-refractivity contribution >= 4 is 11.9 Å². The van der Waals surface area contributed by atoms with Gasteiger partial charge in [-0.3, -0.25) is 9.79 Å². The number of carbonyl (C=O) groups excluding carboxylic acids is 1. The third-order valence-corrected chi connectivity index (χ3v) is 4.76. The Hall–Kier alpha value is -2.89. The second-order valence-corrected chi connectivity index (χ2v) is 6.53. The van der Waals surface area contributed by atoms with E-state index in [0.717, 1.165) is 13.0 Å². The number of rotatable bonds is 5. The molecule has 0 atom stereocenters. The van der Waals surface area contributed by atoms with Crippen LogP contribution in [-0.2, 0) is 24.2 Å². The first-order valence-corrected chi connectivity index (χ1v) is 9.20. The van der Waals surface area contributed by atoms with Crippen LogP contribution < -0.4 is 10.6 Å². The van der Waals surface area contributed by atoms with Crippen LogP contribution in [0.2, 0.25) is 0 Å².